The Hall–Kier alpha value is 0.651. The standard InChI is InChI=1S/C7H20Si2.C4H12Si/c1-8(2,3)7-9(4,5)6;1-5(2,3)4/h7H2,1-6H3;1-4H3. The quantitative estimate of drug-likeness (QED) is 0.593. The third-order valence-electron chi connectivity index (χ3n) is 1.06. The van der Waals surface area contributed by atoms with Gasteiger partial charge in [-0.25, -0.2) is 0 Å². The predicted molar refractivity (Wildman–Crippen MR) is 80.7 cm³/mol. The molecule has 0 aliphatic rings. The Morgan fingerprint density at radius 2 is 0.643 bits per heavy atom. The Morgan fingerprint density at radius 3 is 0.643 bits per heavy atom. The Labute approximate surface area is 95.5 Å². The third-order valence-corrected chi connectivity index (χ3v) is 9.55. The Balaban J connectivity index is 0. The van der Waals surface area contributed by atoms with E-state index in [2.05, 4.69) is 65.5 Å². The molecule has 0 aromatic heterocycles. The summed E-state index contributed by atoms with van der Waals surface area (Å²) in [6.07, 6.45) is 0. The van der Waals surface area contributed by atoms with Gasteiger partial charge in [0.05, 0.1) is 0 Å². The second kappa shape index (κ2) is 5.66. The van der Waals surface area contributed by atoms with Gasteiger partial charge in [-0.3, -0.25) is 0 Å². The second-order valence-corrected chi connectivity index (χ2v) is 26.0. The smallest absolute Gasteiger partial charge is 0.0416 e. The Bertz CT molecular complexity index is 125. The molecule has 0 spiro atoms. The number of hydrogen-bond acceptors (Lipinski definition) is 0. The van der Waals surface area contributed by atoms with Crippen LogP contribution in [0.5, 0.6) is 0 Å². The van der Waals surface area contributed by atoms with E-state index in [1.807, 2.05) is 0 Å². The third kappa shape index (κ3) is 38.8. The summed E-state index contributed by atoms with van der Waals surface area (Å²) in [7, 11) is -2.07. The molecule has 0 amide bonds. The molecule has 0 aromatic carbocycles. The van der Waals surface area contributed by atoms with Gasteiger partial charge in [0.2, 0.25) is 0 Å². The minimum Gasteiger partial charge on any atom is -0.0698 e. The van der Waals surface area contributed by atoms with Crippen molar-refractivity contribution in [1.82, 2.24) is 0 Å². The van der Waals surface area contributed by atoms with Crippen molar-refractivity contribution >= 4 is 24.2 Å². The van der Waals surface area contributed by atoms with Crippen LogP contribution in [0.2, 0.25) is 71.1 Å². The molecule has 0 rings (SSSR count). The van der Waals surface area contributed by atoms with E-state index in [-0.39, 0.29) is 0 Å². The maximum atomic E-state index is 2.46. The molecule has 0 bridgehead atoms. The maximum absolute atomic E-state index is 2.46. The molecule has 3 heteroatoms. The van der Waals surface area contributed by atoms with Crippen LogP contribution in [0.3, 0.4) is 0 Å². The lowest BCUT2D eigenvalue weighted by molar-refractivity contribution is 1.52. The SMILES string of the molecule is C[Si](C)(C)C.C[Si](C)(C)C[Si](C)(C)C. The van der Waals surface area contributed by atoms with Crippen molar-refractivity contribution in [2.24, 2.45) is 0 Å². The van der Waals surface area contributed by atoms with Gasteiger partial charge in [-0.1, -0.05) is 71.1 Å². The zero-order valence-corrected chi connectivity index (χ0v) is 15.2. The highest BCUT2D eigenvalue weighted by molar-refractivity contribution is 6.94. The summed E-state index contributed by atoms with van der Waals surface area (Å²) in [5, 5.41) is 0. The Kier molecular flexibility index (Phi) is 6.89. The highest BCUT2D eigenvalue weighted by Crippen LogP contribution is 2.18. The lowest BCUT2D eigenvalue weighted by Gasteiger charge is -2.25. The van der Waals surface area contributed by atoms with Crippen molar-refractivity contribution in [3.05, 3.63) is 0 Å². The van der Waals surface area contributed by atoms with E-state index in [1.165, 1.54) is 0 Å². The van der Waals surface area contributed by atoms with Gasteiger partial charge in [0.25, 0.3) is 0 Å². The first-order valence-corrected chi connectivity index (χ1v) is 17.1. The summed E-state index contributed by atoms with van der Waals surface area (Å²) in [4.78, 5) is 0. The van der Waals surface area contributed by atoms with Crippen LogP contribution in [0.15, 0.2) is 0 Å². The van der Waals surface area contributed by atoms with Crippen molar-refractivity contribution < 1.29 is 0 Å². The van der Waals surface area contributed by atoms with Crippen LogP contribution in [0.1, 0.15) is 0 Å². The van der Waals surface area contributed by atoms with Crippen LogP contribution < -0.4 is 0 Å². The van der Waals surface area contributed by atoms with Gasteiger partial charge in [-0.15, -0.1) is 0 Å². The van der Waals surface area contributed by atoms with Crippen molar-refractivity contribution in [1.29, 1.82) is 0 Å². The van der Waals surface area contributed by atoms with Crippen LogP contribution >= 0.6 is 0 Å². The van der Waals surface area contributed by atoms with Gasteiger partial charge >= 0.3 is 0 Å². The topological polar surface area (TPSA) is 0 Å². The van der Waals surface area contributed by atoms with Crippen LogP contribution in [0.4, 0.5) is 0 Å². The molecule has 0 nitrogen and oxygen atoms in total. The van der Waals surface area contributed by atoms with E-state index >= 15 is 0 Å². The highest BCUT2D eigenvalue weighted by Gasteiger charge is 2.23. The van der Waals surface area contributed by atoms with Crippen molar-refractivity contribution in [3.8, 4) is 0 Å². The molecule has 0 saturated carbocycles. The van der Waals surface area contributed by atoms with Gasteiger partial charge in [0.1, 0.15) is 0 Å². The van der Waals surface area contributed by atoms with Gasteiger partial charge in [0, 0.05) is 24.2 Å². The zero-order chi connectivity index (χ0) is 12.2. The summed E-state index contributed by atoms with van der Waals surface area (Å²) >= 11 is 0. The van der Waals surface area contributed by atoms with Crippen LogP contribution in [0.25, 0.3) is 0 Å². The molecular weight excluding hydrogens is 216 g/mol. The lowest BCUT2D eigenvalue weighted by atomic mass is 11.7. The molecule has 14 heavy (non-hydrogen) atoms. The first-order chi connectivity index (χ1) is 5.71. The second-order valence-electron chi connectivity index (χ2n) is 8.30. The highest BCUT2D eigenvalue weighted by atomic mass is 28.4. The summed E-state index contributed by atoms with van der Waals surface area (Å²) in [6.45, 7) is 24.1. The Morgan fingerprint density at radius 1 is 0.500 bits per heavy atom. The molecular formula is C11H32Si3. The molecule has 88 valence electrons. The molecule has 0 unspecified atom stereocenters. The molecule has 0 radical (unpaired) electrons. The molecule has 0 N–H and O–H groups in total. The van der Waals surface area contributed by atoms with Gasteiger partial charge in [-0.05, 0) is 0 Å². The van der Waals surface area contributed by atoms with Crippen LogP contribution in [-0.2, 0) is 0 Å². The normalized spacial score (nSPS) is 13.3. The fraction of sp³-hybridized carbons (Fsp3) is 1.00. The first-order valence-electron chi connectivity index (χ1n) is 5.71. The molecule has 0 atom stereocenters. The maximum Gasteiger partial charge on any atom is 0.0416 e. The van der Waals surface area contributed by atoms with Gasteiger partial charge in [0.15, 0.2) is 0 Å². The van der Waals surface area contributed by atoms with Crippen LogP contribution in [-0.4, -0.2) is 24.2 Å². The zero-order valence-electron chi connectivity index (χ0n) is 12.2. The minimum absolute atomic E-state index is 0.611. The van der Waals surface area contributed by atoms with E-state index in [4.69, 9.17) is 0 Å². The summed E-state index contributed by atoms with van der Waals surface area (Å²) in [5.74, 6) is 0. The molecule has 0 fully saturated rings. The number of hydrogen-bond donors (Lipinski definition) is 0. The average Bonchev–Trinajstić information content (AvgIpc) is 1.42. The van der Waals surface area contributed by atoms with E-state index < -0.39 is 24.2 Å². The average molecular weight is 249 g/mol. The molecule has 0 heterocycles. The van der Waals surface area contributed by atoms with Crippen LogP contribution in [0, 0.1) is 0 Å². The molecule has 0 saturated heterocycles. The first kappa shape index (κ1) is 17.1. The summed E-state index contributed by atoms with van der Waals surface area (Å²) in [5.41, 5.74) is 1.57. The van der Waals surface area contributed by atoms with E-state index in [9.17, 15) is 0 Å². The molecule has 0 aromatic rings. The van der Waals surface area contributed by atoms with Crippen molar-refractivity contribution in [2.75, 3.05) is 0 Å². The molecule has 0 aliphatic heterocycles. The van der Waals surface area contributed by atoms with E-state index in [0.717, 1.165) is 0 Å². The van der Waals surface area contributed by atoms with Gasteiger partial charge < -0.3 is 0 Å². The number of rotatable bonds is 2. The summed E-state index contributed by atoms with van der Waals surface area (Å²) < 4.78 is 0. The lowest BCUT2D eigenvalue weighted by Crippen LogP contribution is -2.34. The van der Waals surface area contributed by atoms with Gasteiger partial charge in [-0.2, -0.15) is 0 Å². The minimum atomic E-state index is -0.731. The predicted octanol–water partition coefficient (Wildman–Crippen LogP) is 5.16. The fourth-order valence-corrected chi connectivity index (χ4v) is 14.3. The monoisotopic (exact) mass is 248 g/mol. The van der Waals surface area contributed by atoms with Crippen molar-refractivity contribution in [2.45, 2.75) is 71.1 Å². The largest absolute Gasteiger partial charge is 0.0698 e. The molecule has 0 aliphatic carbocycles. The van der Waals surface area contributed by atoms with E-state index in [1.54, 1.807) is 5.67 Å². The van der Waals surface area contributed by atoms with Crippen molar-refractivity contribution in [3.63, 3.8) is 0 Å². The fourth-order valence-electron chi connectivity index (χ4n) is 1.59. The summed E-state index contributed by atoms with van der Waals surface area (Å²) in [6, 6.07) is 0. The van der Waals surface area contributed by atoms with E-state index in [0.29, 0.717) is 0 Å².